The Hall–Kier alpha value is -2.69. The number of carbonyl (C=O) groups is 1. The van der Waals surface area contributed by atoms with Crippen LogP contribution in [0.2, 0.25) is 0 Å². The number of ether oxygens (including phenoxy) is 2. The molecule has 3 rings (SSSR count). The Morgan fingerprint density at radius 2 is 1.60 bits per heavy atom. The molecule has 2 aromatic carbocycles. The van der Waals surface area contributed by atoms with E-state index in [0.29, 0.717) is 13.1 Å². The molecule has 1 aliphatic rings. The van der Waals surface area contributed by atoms with Crippen molar-refractivity contribution in [3.8, 4) is 11.5 Å². The van der Waals surface area contributed by atoms with Gasteiger partial charge in [-0.1, -0.05) is 30.3 Å². The number of methoxy groups -OCH3 is 1. The number of anilines is 1. The van der Waals surface area contributed by atoms with Gasteiger partial charge in [0.1, 0.15) is 11.5 Å². The van der Waals surface area contributed by atoms with Crippen LogP contribution in [0.15, 0.2) is 54.6 Å². The number of hydrogen-bond donors (Lipinski definition) is 0. The van der Waals surface area contributed by atoms with Crippen molar-refractivity contribution >= 4 is 11.6 Å². The highest BCUT2D eigenvalue weighted by atomic mass is 16.5. The van der Waals surface area contributed by atoms with Gasteiger partial charge in [-0.3, -0.25) is 4.79 Å². The predicted molar refractivity (Wildman–Crippen MR) is 98.3 cm³/mol. The topological polar surface area (TPSA) is 42.0 Å². The van der Waals surface area contributed by atoms with Gasteiger partial charge in [0.05, 0.1) is 12.8 Å². The van der Waals surface area contributed by atoms with Crippen molar-refractivity contribution in [3.05, 3.63) is 54.6 Å². The Morgan fingerprint density at radius 3 is 2.28 bits per heavy atom. The summed E-state index contributed by atoms with van der Waals surface area (Å²) in [4.78, 5) is 16.8. The van der Waals surface area contributed by atoms with Gasteiger partial charge in [0.2, 0.25) is 0 Å². The second-order valence-electron chi connectivity index (χ2n) is 6.06. The van der Waals surface area contributed by atoms with Gasteiger partial charge in [-0.25, -0.2) is 0 Å². The number of benzene rings is 2. The summed E-state index contributed by atoms with van der Waals surface area (Å²) < 4.78 is 11.2. The average Bonchev–Trinajstić information content (AvgIpc) is 2.68. The number of piperazine rings is 1. The van der Waals surface area contributed by atoms with Gasteiger partial charge in [-0.15, -0.1) is 0 Å². The van der Waals surface area contributed by atoms with Crippen molar-refractivity contribution in [2.45, 2.75) is 13.0 Å². The second-order valence-corrected chi connectivity index (χ2v) is 6.06. The Bertz CT molecular complexity index is 697. The fraction of sp³-hybridized carbons (Fsp3) is 0.350. The monoisotopic (exact) mass is 340 g/mol. The van der Waals surface area contributed by atoms with Crippen molar-refractivity contribution in [3.63, 3.8) is 0 Å². The molecule has 0 N–H and O–H groups in total. The van der Waals surface area contributed by atoms with Gasteiger partial charge in [-0.05, 0) is 31.2 Å². The third-order valence-corrected chi connectivity index (χ3v) is 4.42. The Balaban J connectivity index is 1.57. The molecule has 2 aromatic rings. The minimum Gasteiger partial charge on any atom is -0.495 e. The van der Waals surface area contributed by atoms with Gasteiger partial charge in [0, 0.05) is 26.2 Å². The fourth-order valence-electron chi connectivity index (χ4n) is 3.07. The van der Waals surface area contributed by atoms with Crippen LogP contribution < -0.4 is 14.4 Å². The molecule has 5 nitrogen and oxygen atoms in total. The highest BCUT2D eigenvalue weighted by Crippen LogP contribution is 2.28. The lowest BCUT2D eigenvalue weighted by atomic mass is 10.2. The lowest BCUT2D eigenvalue weighted by Crippen LogP contribution is -2.52. The molecule has 0 unspecified atom stereocenters. The zero-order valence-corrected chi connectivity index (χ0v) is 14.7. The van der Waals surface area contributed by atoms with E-state index >= 15 is 0 Å². The van der Waals surface area contributed by atoms with E-state index in [9.17, 15) is 4.79 Å². The SMILES string of the molecule is COc1ccccc1N1CCN(C(=O)[C@H](C)Oc2ccccc2)CC1. The van der Waals surface area contributed by atoms with Crippen molar-refractivity contribution < 1.29 is 14.3 Å². The van der Waals surface area contributed by atoms with E-state index in [2.05, 4.69) is 11.0 Å². The second kappa shape index (κ2) is 7.92. The van der Waals surface area contributed by atoms with Crippen LogP contribution in [0.4, 0.5) is 5.69 Å². The van der Waals surface area contributed by atoms with Crippen LogP contribution in [-0.4, -0.2) is 50.2 Å². The summed E-state index contributed by atoms with van der Waals surface area (Å²) in [7, 11) is 1.68. The quantitative estimate of drug-likeness (QED) is 0.839. The predicted octanol–water partition coefficient (Wildman–Crippen LogP) is 2.81. The molecule has 0 saturated carbocycles. The molecule has 0 spiro atoms. The normalized spacial score (nSPS) is 15.6. The van der Waals surface area contributed by atoms with Crippen LogP contribution in [0.25, 0.3) is 0 Å². The van der Waals surface area contributed by atoms with E-state index in [1.165, 1.54) is 0 Å². The number of amides is 1. The number of hydrogen-bond acceptors (Lipinski definition) is 4. The maximum absolute atomic E-state index is 12.6. The minimum atomic E-state index is -0.486. The van der Waals surface area contributed by atoms with Crippen LogP contribution >= 0.6 is 0 Å². The first-order chi connectivity index (χ1) is 12.2. The van der Waals surface area contributed by atoms with E-state index < -0.39 is 6.10 Å². The standard InChI is InChI=1S/C20H24N2O3/c1-16(25-17-8-4-3-5-9-17)20(23)22-14-12-21(13-15-22)18-10-6-7-11-19(18)24-2/h3-11,16H,12-15H2,1-2H3/t16-/m0/s1. The molecule has 1 amide bonds. The molecule has 0 radical (unpaired) electrons. The summed E-state index contributed by atoms with van der Waals surface area (Å²) >= 11 is 0. The fourth-order valence-corrected chi connectivity index (χ4v) is 3.07. The molecule has 1 aliphatic heterocycles. The molecule has 1 fully saturated rings. The highest BCUT2D eigenvalue weighted by Gasteiger charge is 2.26. The molecule has 0 bridgehead atoms. The molecule has 1 saturated heterocycles. The summed E-state index contributed by atoms with van der Waals surface area (Å²) in [6.45, 7) is 4.73. The molecular formula is C20H24N2O3. The van der Waals surface area contributed by atoms with E-state index in [1.54, 1.807) is 7.11 Å². The van der Waals surface area contributed by atoms with E-state index in [4.69, 9.17) is 9.47 Å². The third-order valence-electron chi connectivity index (χ3n) is 4.42. The van der Waals surface area contributed by atoms with Crippen LogP contribution in [-0.2, 0) is 4.79 Å². The van der Waals surface area contributed by atoms with E-state index in [0.717, 1.165) is 30.3 Å². The van der Waals surface area contributed by atoms with Crippen molar-refractivity contribution in [1.29, 1.82) is 0 Å². The molecule has 0 aromatic heterocycles. The first-order valence-corrected chi connectivity index (χ1v) is 8.57. The van der Waals surface area contributed by atoms with Gasteiger partial charge in [0.25, 0.3) is 5.91 Å². The molecule has 5 heteroatoms. The van der Waals surface area contributed by atoms with Gasteiger partial charge < -0.3 is 19.3 Å². The maximum Gasteiger partial charge on any atom is 0.263 e. The first-order valence-electron chi connectivity index (χ1n) is 8.57. The van der Waals surface area contributed by atoms with Crippen molar-refractivity contribution in [2.24, 2.45) is 0 Å². The highest BCUT2D eigenvalue weighted by molar-refractivity contribution is 5.81. The van der Waals surface area contributed by atoms with Gasteiger partial charge in [0.15, 0.2) is 6.10 Å². The number of nitrogens with zero attached hydrogens (tertiary/aromatic N) is 2. The molecule has 0 aliphatic carbocycles. The Labute approximate surface area is 148 Å². The Kier molecular flexibility index (Phi) is 5.43. The largest absolute Gasteiger partial charge is 0.495 e. The van der Waals surface area contributed by atoms with Crippen LogP contribution in [0, 0.1) is 0 Å². The number of rotatable bonds is 5. The summed E-state index contributed by atoms with van der Waals surface area (Å²) in [5, 5.41) is 0. The summed E-state index contributed by atoms with van der Waals surface area (Å²) in [6.07, 6.45) is -0.486. The van der Waals surface area contributed by atoms with E-state index in [-0.39, 0.29) is 5.91 Å². The van der Waals surface area contributed by atoms with Crippen LogP contribution in [0.1, 0.15) is 6.92 Å². The smallest absolute Gasteiger partial charge is 0.263 e. The first kappa shape index (κ1) is 17.1. The molecular weight excluding hydrogens is 316 g/mol. The zero-order chi connectivity index (χ0) is 17.6. The summed E-state index contributed by atoms with van der Waals surface area (Å²) in [6, 6.07) is 17.4. The maximum atomic E-state index is 12.6. The van der Waals surface area contributed by atoms with E-state index in [1.807, 2.05) is 60.4 Å². The summed E-state index contributed by atoms with van der Waals surface area (Å²) in [5.41, 5.74) is 1.07. The molecule has 1 heterocycles. The lowest BCUT2D eigenvalue weighted by molar-refractivity contribution is -0.138. The number of para-hydroxylation sites is 3. The van der Waals surface area contributed by atoms with Gasteiger partial charge >= 0.3 is 0 Å². The molecule has 25 heavy (non-hydrogen) atoms. The van der Waals surface area contributed by atoms with Gasteiger partial charge in [-0.2, -0.15) is 0 Å². The Morgan fingerprint density at radius 1 is 0.960 bits per heavy atom. The molecule has 132 valence electrons. The average molecular weight is 340 g/mol. The molecule has 1 atom stereocenters. The van der Waals surface area contributed by atoms with Crippen molar-refractivity contribution in [1.82, 2.24) is 4.90 Å². The summed E-state index contributed by atoms with van der Waals surface area (Å²) in [5.74, 6) is 1.61. The van der Waals surface area contributed by atoms with Crippen LogP contribution in [0.3, 0.4) is 0 Å². The third kappa shape index (κ3) is 4.05. The minimum absolute atomic E-state index is 0.0310. The lowest BCUT2D eigenvalue weighted by Gasteiger charge is -2.37. The van der Waals surface area contributed by atoms with Crippen LogP contribution in [0.5, 0.6) is 11.5 Å². The number of carbonyl (C=O) groups excluding carboxylic acids is 1. The zero-order valence-electron chi connectivity index (χ0n) is 14.7. The van der Waals surface area contributed by atoms with Crippen molar-refractivity contribution in [2.75, 3.05) is 38.2 Å².